The van der Waals surface area contributed by atoms with Gasteiger partial charge in [-0.05, 0) is 6.92 Å². The lowest BCUT2D eigenvalue weighted by Gasteiger charge is -2.19. The van der Waals surface area contributed by atoms with Gasteiger partial charge in [0.25, 0.3) is 5.92 Å². The quantitative estimate of drug-likeness (QED) is 0.555. The van der Waals surface area contributed by atoms with Crippen molar-refractivity contribution in [1.29, 1.82) is 0 Å². The number of rotatable bonds is 0. The number of carbonyl (C=O) groups excluding carboxylic acids is 1. The molecule has 5 heteroatoms. The summed E-state index contributed by atoms with van der Waals surface area (Å²) in [5.41, 5.74) is 0. The molecule has 1 rings (SSSR count). The molecule has 1 amide bonds. The molecule has 11 heavy (non-hydrogen) atoms. The minimum atomic E-state index is -2.95. The van der Waals surface area contributed by atoms with Crippen molar-refractivity contribution in [3.8, 4) is 0 Å². The summed E-state index contributed by atoms with van der Waals surface area (Å²) in [4.78, 5) is 10.6. The van der Waals surface area contributed by atoms with E-state index < -0.39 is 24.5 Å². The van der Waals surface area contributed by atoms with E-state index in [0.717, 1.165) is 0 Å². The number of halogens is 2. The SMILES string of the molecule is CC1NC(=O)COCC1(F)F. The molecule has 0 aliphatic carbocycles. The van der Waals surface area contributed by atoms with E-state index in [9.17, 15) is 13.6 Å². The standard InChI is InChI=1S/C6H9F2NO2/c1-4-6(7,8)3-11-2-5(10)9-4/h4H,2-3H2,1H3,(H,9,10). The average molecular weight is 165 g/mol. The summed E-state index contributed by atoms with van der Waals surface area (Å²) in [7, 11) is 0. The molecule has 0 bridgehead atoms. The van der Waals surface area contributed by atoms with Gasteiger partial charge < -0.3 is 10.1 Å². The van der Waals surface area contributed by atoms with E-state index in [0.29, 0.717) is 0 Å². The van der Waals surface area contributed by atoms with E-state index in [2.05, 4.69) is 10.1 Å². The van der Waals surface area contributed by atoms with Gasteiger partial charge in [0.1, 0.15) is 13.2 Å². The number of hydrogen-bond acceptors (Lipinski definition) is 2. The summed E-state index contributed by atoms with van der Waals surface area (Å²) in [5, 5.41) is 2.12. The van der Waals surface area contributed by atoms with Gasteiger partial charge in [0, 0.05) is 0 Å². The number of amides is 1. The molecule has 1 N–H and O–H groups in total. The molecular formula is C6H9F2NO2. The van der Waals surface area contributed by atoms with Crippen molar-refractivity contribution in [2.75, 3.05) is 13.2 Å². The van der Waals surface area contributed by atoms with Gasteiger partial charge in [0.2, 0.25) is 5.91 Å². The predicted molar refractivity (Wildman–Crippen MR) is 33.4 cm³/mol. The Bertz CT molecular complexity index is 172. The zero-order chi connectivity index (χ0) is 8.48. The van der Waals surface area contributed by atoms with Gasteiger partial charge in [-0.15, -0.1) is 0 Å². The average Bonchev–Trinajstić information content (AvgIpc) is 1.94. The molecule has 0 aromatic carbocycles. The number of nitrogens with one attached hydrogen (secondary N) is 1. The highest BCUT2D eigenvalue weighted by Gasteiger charge is 2.39. The first kappa shape index (κ1) is 8.39. The van der Waals surface area contributed by atoms with Crippen LogP contribution < -0.4 is 5.32 Å². The monoisotopic (exact) mass is 165 g/mol. The van der Waals surface area contributed by atoms with Gasteiger partial charge in [0.05, 0.1) is 6.04 Å². The molecular weight excluding hydrogens is 156 g/mol. The second kappa shape index (κ2) is 2.73. The van der Waals surface area contributed by atoms with Gasteiger partial charge in [-0.2, -0.15) is 0 Å². The normalized spacial score (nSPS) is 30.8. The zero-order valence-electron chi connectivity index (χ0n) is 6.06. The zero-order valence-corrected chi connectivity index (χ0v) is 6.06. The number of alkyl halides is 2. The van der Waals surface area contributed by atoms with Crippen LogP contribution in [0.15, 0.2) is 0 Å². The van der Waals surface area contributed by atoms with Crippen LogP contribution >= 0.6 is 0 Å². The topological polar surface area (TPSA) is 38.3 Å². The molecule has 1 aliphatic heterocycles. The van der Waals surface area contributed by atoms with Crippen molar-refractivity contribution in [2.24, 2.45) is 0 Å². The summed E-state index contributed by atoms with van der Waals surface area (Å²) >= 11 is 0. The van der Waals surface area contributed by atoms with Crippen molar-refractivity contribution >= 4 is 5.91 Å². The molecule has 1 saturated heterocycles. The fourth-order valence-electron chi connectivity index (χ4n) is 0.794. The molecule has 1 fully saturated rings. The van der Waals surface area contributed by atoms with Gasteiger partial charge in [-0.3, -0.25) is 4.79 Å². The van der Waals surface area contributed by atoms with Crippen molar-refractivity contribution in [3.63, 3.8) is 0 Å². The van der Waals surface area contributed by atoms with Crippen molar-refractivity contribution in [3.05, 3.63) is 0 Å². The highest BCUT2D eigenvalue weighted by atomic mass is 19.3. The Morgan fingerprint density at radius 3 is 3.00 bits per heavy atom. The minimum absolute atomic E-state index is 0.278. The molecule has 1 atom stereocenters. The fraction of sp³-hybridized carbons (Fsp3) is 0.833. The van der Waals surface area contributed by atoms with Crippen LogP contribution in [0.5, 0.6) is 0 Å². The van der Waals surface area contributed by atoms with Gasteiger partial charge in [-0.25, -0.2) is 8.78 Å². The molecule has 0 radical (unpaired) electrons. The Hall–Kier alpha value is -0.710. The largest absolute Gasteiger partial charge is 0.365 e. The third-order valence-electron chi connectivity index (χ3n) is 1.54. The van der Waals surface area contributed by atoms with E-state index in [4.69, 9.17) is 0 Å². The van der Waals surface area contributed by atoms with Gasteiger partial charge in [-0.1, -0.05) is 0 Å². The summed E-state index contributed by atoms with van der Waals surface area (Å²) in [6.45, 7) is 0.291. The van der Waals surface area contributed by atoms with E-state index in [1.807, 2.05) is 0 Å². The predicted octanol–water partition coefficient (Wildman–Crippen LogP) is 0.157. The highest BCUT2D eigenvalue weighted by molar-refractivity contribution is 5.77. The maximum Gasteiger partial charge on any atom is 0.290 e. The van der Waals surface area contributed by atoms with Gasteiger partial charge >= 0.3 is 0 Å². The van der Waals surface area contributed by atoms with Crippen LogP contribution in [0, 0.1) is 0 Å². The number of ether oxygens (including phenoxy) is 1. The Morgan fingerprint density at radius 2 is 2.36 bits per heavy atom. The first-order chi connectivity index (χ1) is 5.02. The van der Waals surface area contributed by atoms with Crippen LogP contribution in [0.3, 0.4) is 0 Å². The number of hydrogen-bond donors (Lipinski definition) is 1. The van der Waals surface area contributed by atoms with Gasteiger partial charge in [0.15, 0.2) is 0 Å². The molecule has 1 aliphatic rings. The summed E-state index contributed by atoms with van der Waals surface area (Å²) in [5.74, 6) is -3.44. The highest BCUT2D eigenvalue weighted by Crippen LogP contribution is 2.20. The van der Waals surface area contributed by atoms with Crippen LogP contribution in [0.4, 0.5) is 8.78 Å². The summed E-state index contributed by atoms with van der Waals surface area (Å²) in [6.07, 6.45) is 0. The first-order valence-electron chi connectivity index (χ1n) is 3.27. The minimum Gasteiger partial charge on any atom is -0.365 e. The van der Waals surface area contributed by atoms with Crippen molar-refractivity contribution < 1.29 is 18.3 Å². The van der Waals surface area contributed by atoms with Crippen molar-refractivity contribution in [2.45, 2.75) is 18.9 Å². The van der Waals surface area contributed by atoms with Crippen LogP contribution in [-0.2, 0) is 9.53 Å². The van der Waals surface area contributed by atoms with E-state index in [-0.39, 0.29) is 6.61 Å². The second-order valence-electron chi connectivity index (χ2n) is 2.54. The second-order valence-corrected chi connectivity index (χ2v) is 2.54. The Morgan fingerprint density at radius 1 is 1.73 bits per heavy atom. The van der Waals surface area contributed by atoms with Crippen LogP contribution in [0.25, 0.3) is 0 Å². The number of carbonyl (C=O) groups is 1. The summed E-state index contributed by atoms with van der Waals surface area (Å²) < 4.78 is 29.8. The molecule has 1 unspecified atom stereocenters. The molecule has 64 valence electrons. The fourth-order valence-corrected chi connectivity index (χ4v) is 0.794. The molecule has 0 aromatic heterocycles. The van der Waals surface area contributed by atoms with Crippen LogP contribution in [-0.4, -0.2) is 31.1 Å². The maximum absolute atomic E-state index is 12.7. The lowest BCUT2D eigenvalue weighted by molar-refractivity contribution is -0.124. The molecule has 0 saturated carbocycles. The Labute approximate surface area is 62.7 Å². The first-order valence-corrected chi connectivity index (χ1v) is 3.27. The lowest BCUT2D eigenvalue weighted by Crippen LogP contribution is -2.45. The maximum atomic E-state index is 12.7. The smallest absolute Gasteiger partial charge is 0.290 e. The third kappa shape index (κ3) is 1.86. The molecule has 1 heterocycles. The Balaban J connectivity index is 2.65. The molecule has 0 aromatic rings. The van der Waals surface area contributed by atoms with Crippen LogP contribution in [0.1, 0.15) is 6.92 Å². The van der Waals surface area contributed by atoms with E-state index >= 15 is 0 Å². The lowest BCUT2D eigenvalue weighted by atomic mass is 10.2. The van der Waals surface area contributed by atoms with Crippen LogP contribution in [0.2, 0.25) is 0 Å². The van der Waals surface area contributed by atoms with E-state index in [1.54, 1.807) is 0 Å². The Kier molecular flexibility index (Phi) is 2.08. The van der Waals surface area contributed by atoms with Crippen molar-refractivity contribution in [1.82, 2.24) is 5.32 Å². The van der Waals surface area contributed by atoms with E-state index in [1.165, 1.54) is 6.92 Å². The summed E-state index contributed by atoms with van der Waals surface area (Å²) in [6, 6.07) is -1.14. The third-order valence-corrected chi connectivity index (χ3v) is 1.54. The molecule has 3 nitrogen and oxygen atoms in total. The molecule has 0 spiro atoms.